The zero-order valence-electron chi connectivity index (χ0n) is 33.7. The SMILES string of the molecule is CC[C@H](C)c1cc(O)c2c(c1)-c1c3c4c(cccc4c4cccc(c14)C2=O)O[B-]1(O3)Oc2cc(O)cc3c2c(c2c4c(c(O)cc(C)c43)C(=O)c3c(O)cc(C(C)C)cc3-2)O1. The molecule has 0 radical (unpaired) electrons. The minimum Gasteiger partial charge on any atom is -0.611 e. The first-order chi connectivity index (χ1) is 29.3. The van der Waals surface area contributed by atoms with E-state index in [1.165, 1.54) is 12.1 Å². The number of ketones is 2. The van der Waals surface area contributed by atoms with Crippen LogP contribution in [0.5, 0.6) is 46.0 Å². The van der Waals surface area contributed by atoms with Crippen LogP contribution in [-0.4, -0.2) is 38.9 Å². The summed E-state index contributed by atoms with van der Waals surface area (Å²) in [5.41, 5.74) is 4.67. The van der Waals surface area contributed by atoms with Crippen molar-refractivity contribution in [1.29, 1.82) is 0 Å². The van der Waals surface area contributed by atoms with Crippen molar-refractivity contribution in [2.45, 2.75) is 52.9 Å². The topological polar surface area (TPSA) is 152 Å². The summed E-state index contributed by atoms with van der Waals surface area (Å²) < 4.78 is 27.8. The van der Waals surface area contributed by atoms with E-state index in [1.807, 2.05) is 57.2 Å². The molecule has 10 nitrogen and oxygen atoms in total. The number of aryl methyl sites for hydroxylation is 1. The van der Waals surface area contributed by atoms with Crippen molar-refractivity contribution in [3.05, 3.63) is 118 Å². The summed E-state index contributed by atoms with van der Waals surface area (Å²) in [4.78, 5) is 28.8. The standard InChI is InChI=1S/C50H36BO10/c1-6-21(4)24-15-30-39(34(55)17-24)47(56)28-11-7-9-26-27-10-8-12-35-41(27)49(43(30)38(26)28)60-51(58-35)59-36-19-25(52)18-31-37-22(5)13-32(53)45-46(37)44(50(61-51)42(31)36)29-14-23(20(2)3)16-33(54)40(29)48(45)57/h7-21,52-55H,6H2,1-5H3/q-1/t21-,51?/m0/s1. The number of carbonyl (C=O) groups excluding carboxylic acids is 2. The maximum absolute atomic E-state index is 14.5. The molecule has 0 fully saturated rings. The van der Waals surface area contributed by atoms with Gasteiger partial charge in [-0.1, -0.05) is 58.0 Å². The molecule has 8 aromatic rings. The maximum Gasteiger partial charge on any atom is 0.777 e. The molecule has 0 amide bonds. The van der Waals surface area contributed by atoms with E-state index in [0.717, 1.165) is 28.3 Å². The van der Waals surface area contributed by atoms with Gasteiger partial charge in [-0.05, 0) is 100 Å². The minimum atomic E-state index is -3.39. The largest absolute Gasteiger partial charge is 0.777 e. The molecule has 2 atom stereocenters. The number of phenols is 4. The normalized spacial score (nSPS) is 17.0. The van der Waals surface area contributed by atoms with Crippen LogP contribution in [0.4, 0.5) is 0 Å². The second kappa shape index (κ2) is 11.7. The second-order valence-corrected chi connectivity index (χ2v) is 17.1. The Labute approximate surface area is 348 Å². The summed E-state index contributed by atoms with van der Waals surface area (Å²) in [6, 6.07) is 22.7. The number of benzene rings is 8. The minimum absolute atomic E-state index is 0.00661. The van der Waals surface area contributed by atoms with E-state index in [2.05, 4.69) is 13.8 Å². The van der Waals surface area contributed by atoms with Crippen LogP contribution in [0.1, 0.15) is 94.5 Å². The van der Waals surface area contributed by atoms with Gasteiger partial charge in [-0.2, -0.15) is 0 Å². The highest BCUT2D eigenvalue weighted by atomic mass is 16.9. The fourth-order valence-electron chi connectivity index (χ4n) is 10.3. The lowest BCUT2D eigenvalue weighted by Crippen LogP contribution is -2.62. The van der Waals surface area contributed by atoms with Crippen LogP contribution >= 0.6 is 0 Å². The molecule has 2 heterocycles. The van der Waals surface area contributed by atoms with Crippen LogP contribution in [0.2, 0.25) is 0 Å². The molecule has 0 bridgehead atoms. The summed E-state index contributed by atoms with van der Waals surface area (Å²) in [6.45, 7) is 6.53. The number of aromatic hydroxyl groups is 4. The Hall–Kier alpha value is -7.40. The van der Waals surface area contributed by atoms with E-state index in [4.69, 9.17) is 18.6 Å². The van der Waals surface area contributed by atoms with Gasteiger partial charge >= 0.3 is 6.96 Å². The van der Waals surface area contributed by atoms with Gasteiger partial charge in [-0.3, -0.25) is 9.59 Å². The monoisotopic (exact) mass is 807 g/mol. The van der Waals surface area contributed by atoms with E-state index in [-0.39, 0.29) is 68.8 Å². The van der Waals surface area contributed by atoms with Gasteiger partial charge in [0.15, 0.2) is 5.78 Å². The third-order valence-corrected chi connectivity index (χ3v) is 13.3. The van der Waals surface area contributed by atoms with Crippen LogP contribution in [0, 0.1) is 6.92 Å². The first-order valence-electron chi connectivity index (χ1n) is 20.5. The van der Waals surface area contributed by atoms with Gasteiger partial charge in [0, 0.05) is 50.0 Å². The molecule has 4 aliphatic rings. The molecule has 0 aromatic heterocycles. The highest BCUT2D eigenvalue weighted by molar-refractivity contribution is 6.60. The predicted molar refractivity (Wildman–Crippen MR) is 233 cm³/mol. The molecule has 0 saturated carbocycles. The smallest absolute Gasteiger partial charge is 0.611 e. The first kappa shape index (κ1) is 35.5. The number of rotatable bonds is 3. The molecular weight excluding hydrogens is 771 g/mol. The van der Waals surface area contributed by atoms with Gasteiger partial charge in [0.2, 0.25) is 5.78 Å². The van der Waals surface area contributed by atoms with Crippen molar-refractivity contribution >= 4 is 61.6 Å². The van der Waals surface area contributed by atoms with E-state index in [1.54, 1.807) is 30.3 Å². The lowest BCUT2D eigenvalue weighted by Gasteiger charge is -2.48. The Bertz CT molecular complexity index is 3460. The second-order valence-electron chi connectivity index (χ2n) is 17.1. The van der Waals surface area contributed by atoms with Gasteiger partial charge in [-0.25, -0.2) is 0 Å². The summed E-state index contributed by atoms with van der Waals surface area (Å²) in [7, 11) is 0. The number of hydrogen-bond donors (Lipinski definition) is 4. The van der Waals surface area contributed by atoms with Crippen molar-refractivity contribution in [3.8, 4) is 68.2 Å². The van der Waals surface area contributed by atoms with Gasteiger partial charge in [-0.15, -0.1) is 0 Å². The van der Waals surface area contributed by atoms with Gasteiger partial charge in [0.1, 0.15) is 23.0 Å². The first-order valence-corrected chi connectivity index (χ1v) is 20.5. The van der Waals surface area contributed by atoms with Gasteiger partial charge in [0.25, 0.3) is 0 Å². The number of phenolic OH excluding ortho intramolecular Hbond substituents is 4. The van der Waals surface area contributed by atoms with E-state index in [0.29, 0.717) is 77.2 Å². The van der Waals surface area contributed by atoms with E-state index < -0.39 is 12.7 Å². The molecule has 4 N–H and O–H groups in total. The van der Waals surface area contributed by atoms with Gasteiger partial charge < -0.3 is 39.0 Å². The van der Waals surface area contributed by atoms with Crippen molar-refractivity contribution in [2.24, 2.45) is 0 Å². The Morgan fingerprint density at radius 2 is 1.13 bits per heavy atom. The Morgan fingerprint density at radius 3 is 1.84 bits per heavy atom. The fourth-order valence-corrected chi connectivity index (χ4v) is 10.3. The van der Waals surface area contributed by atoms with Crippen LogP contribution in [0.3, 0.4) is 0 Å². The number of hydrogen-bond acceptors (Lipinski definition) is 10. The van der Waals surface area contributed by atoms with E-state index in [9.17, 15) is 30.0 Å². The number of carbonyl (C=O) groups is 2. The lowest BCUT2D eigenvalue weighted by molar-refractivity contribution is 0.102. The molecule has 2 aliphatic heterocycles. The Balaban J connectivity index is 1.19. The molecular formula is C50H36BO10-. The summed E-state index contributed by atoms with van der Waals surface area (Å²) in [5, 5.41) is 50.8. The highest BCUT2D eigenvalue weighted by Gasteiger charge is 2.52. The zero-order chi connectivity index (χ0) is 42.1. The Kier molecular flexibility index (Phi) is 6.79. The predicted octanol–water partition coefficient (Wildman–Crippen LogP) is 11.2. The molecule has 12 rings (SSSR count). The summed E-state index contributed by atoms with van der Waals surface area (Å²) in [5.74, 6) is -0.584. The number of fused-ring (bicyclic) bond motifs is 8. The molecule has 11 heteroatoms. The average Bonchev–Trinajstić information content (AvgIpc) is 3.21. The fraction of sp³-hybridized carbons (Fsp3) is 0.160. The third kappa shape index (κ3) is 4.42. The molecule has 0 saturated heterocycles. The van der Waals surface area contributed by atoms with Crippen molar-refractivity contribution < 1.29 is 48.6 Å². The van der Waals surface area contributed by atoms with Crippen LogP contribution in [-0.2, 0) is 0 Å². The van der Waals surface area contributed by atoms with Crippen molar-refractivity contribution in [1.82, 2.24) is 0 Å². The highest BCUT2D eigenvalue weighted by Crippen LogP contribution is 2.60. The zero-order valence-corrected chi connectivity index (χ0v) is 33.7. The summed E-state index contributed by atoms with van der Waals surface area (Å²) in [6.07, 6.45) is 0.796. The van der Waals surface area contributed by atoms with Crippen molar-refractivity contribution in [2.75, 3.05) is 0 Å². The van der Waals surface area contributed by atoms with Crippen molar-refractivity contribution in [3.63, 3.8) is 0 Å². The van der Waals surface area contributed by atoms with Crippen LogP contribution in [0.15, 0.2) is 78.9 Å². The lowest BCUT2D eigenvalue weighted by atomic mass is 9.76. The molecule has 300 valence electrons. The third-order valence-electron chi connectivity index (χ3n) is 13.3. The summed E-state index contributed by atoms with van der Waals surface area (Å²) >= 11 is 0. The molecule has 8 aromatic carbocycles. The molecule has 2 aliphatic carbocycles. The van der Waals surface area contributed by atoms with E-state index >= 15 is 0 Å². The maximum atomic E-state index is 14.5. The van der Waals surface area contributed by atoms with Gasteiger partial charge in [0.05, 0.1) is 50.5 Å². The Morgan fingerprint density at radius 1 is 0.541 bits per heavy atom. The van der Waals surface area contributed by atoms with Crippen LogP contribution < -0.4 is 18.6 Å². The molecule has 1 spiro atoms. The average molecular weight is 808 g/mol. The molecule has 1 unspecified atom stereocenters. The van der Waals surface area contributed by atoms with Crippen LogP contribution in [0.25, 0.3) is 65.3 Å². The quantitative estimate of drug-likeness (QED) is 0.100. The molecule has 61 heavy (non-hydrogen) atoms.